The molecule has 2 unspecified atom stereocenters. The Kier molecular flexibility index (Phi) is 12.1. The molecule has 2 heterocycles. The maximum absolute atomic E-state index is 12.0. The number of hydrogen-bond donors (Lipinski definition) is 3. The van der Waals surface area contributed by atoms with E-state index in [9.17, 15) is 9.59 Å². The molecule has 8 nitrogen and oxygen atoms in total. The van der Waals surface area contributed by atoms with E-state index in [1.165, 1.54) is 11.3 Å². The van der Waals surface area contributed by atoms with Gasteiger partial charge in [0.25, 0.3) is 0 Å². The van der Waals surface area contributed by atoms with E-state index in [0.29, 0.717) is 5.13 Å². The van der Waals surface area contributed by atoms with E-state index in [1.807, 2.05) is 19.2 Å². The molecule has 0 spiro atoms. The highest BCUT2D eigenvalue weighted by Gasteiger charge is 2.23. The molecular weight excluding hydrogens is 425 g/mol. The molecule has 2 rings (SSSR count). The number of carbonyl (C=O) groups excluding carboxylic acids is 2. The van der Waals surface area contributed by atoms with Gasteiger partial charge in [0.2, 0.25) is 11.8 Å². The maximum atomic E-state index is 12.0. The van der Waals surface area contributed by atoms with Gasteiger partial charge in [-0.1, -0.05) is 13.8 Å². The molecule has 1 saturated heterocycles. The highest BCUT2D eigenvalue weighted by atomic mass is 35.5. The predicted molar refractivity (Wildman–Crippen MR) is 116 cm³/mol. The zero-order valence-electron chi connectivity index (χ0n) is 16.6. The van der Waals surface area contributed by atoms with Crippen molar-refractivity contribution in [3.8, 4) is 0 Å². The molecule has 1 fully saturated rings. The number of aromatic nitrogens is 1. The van der Waals surface area contributed by atoms with E-state index in [-0.39, 0.29) is 61.3 Å². The smallest absolute Gasteiger partial charge is 0.245 e. The average molecular weight is 456 g/mol. The van der Waals surface area contributed by atoms with Crippen molar-refractivity contribution in [2.45, 2.75) is 52.5 Å². The van der Waals surface area contributed by atoms with Crippen LogP contribution < -0.4 is 16.4 Å². The molecule has 1 aromatic rings. The molecule has 0 bridgehead atoms. The van der Waals surface area contributed by atoms with Crippen LogP contribution in [0.3, 0.4) is 0 Å². The van der Waals surface area contributed by atoms with Gasteiger partial charge in [0, 0.05) is 25.0 Å². The van der Waals surface area contributed by atoms with E-state index in [4.69, 9.17) is 10.5 Å². The molecule has 1 aliphatic heterocycles. The van der Waals surface area contributed by atoms with Crippen LogP contribution in [0.1, 0.15) is 33.4 Å². The lowest BCUT2D eigenvalue weighted by Crippen LogP contribution is -2.46. The summed E-state index contributed by atoms with van der Waals surface area (Å²) >= 11 is 1.38. The van der Waals surface area contributed by atoms with Crippen LogP contribution in [0.2, 0.25) is 0 Å². The third kappa shape index (κ3) is 8.59. The number of halogens is 2. The first-order chi connectivity index (χ1) is 12.2. The second-order valence-electron chi connectivity index (χ2n) is 7.13. The van der Waals surface area contributed by atoms with Gasteiger partial charge in [-0.15, -0.1) is 36.2 Å². The van der Waals surface area contributed by atoms with Crippen LogP contribution in [0.4, 0.5) is 5.13 Å². The molecule has 4 N–H and O–H groups in total. The Morgan fingerprint density at radius 2 is 1.93 bits per heavy atom. The van der Waals surface area contributed by atoms with Crippen molar-refractivity contribution in [3.63, 3.8) is 0 Å². The minimum absolute atomic E-state index is 0. The molecule has 0 aromatic carbocycles. The summed E-state index contributed by atoms with van der Waals surface area (Å²) in [5.74, 6) is -0.625. The summed E-state index contributed by atoms with van der Waals surface area (Å²) in [7, 11) is 0. The zero-order valence-corrected chi connectivity index (χ0v) is 19.1. The van der Waals surface area contributed by atoms with Gasteiger partial charge in [-0.25, -0.2) is 4.98 Å². The number of amides is 2. The molecule has 0 aliphatic carbocycles. The summed E-state index contributed by atoms with van der Waals surface area (Å²) in [5, 5.41) is 7.72. The number of carbonyl (C=O) groups is 2. The van der Waals surface area contributed by atoms with Crippen molar-refractivity contribution in [1.82, 2.24) is 15.2 Å². The Morgan fingerprint density at radius 3 is 2.50 bits per heavy atom. The Hall–Kier alpha value is -0.970. The number of nitrogens with two attached hydrogens (primary N) is 1. The summed E-state index contributed by atoms with van der Waals surface area (Å²) in [5.41, 5.74) is 6.66. The molecule has 162 valence electrons. The lowest BCUT2D eigenvalue weighted by atomic mass is 10.1. The zero-order chi connectivity index (χ0) is 19.3. The molecule has 2 amide bonds. The molecule has 0 radical (unpaired) electrons. The van der Waals surface area contributed by atoms with Crippen LogP contribution in [0.5, 0.6) is 0 Å². The summed E-state index contributed by atoms with van der Waals surface area (Å²) < 4.78 is 5.73. The molecule has 0 saturated carbocycles. The number of anilines is 1. The second kappa shape index (κ2) is 12.6. The number of rotatable bonds is 7. The fourth-order valence-electron chi connectivity index (χ4n) is 2.83. The summed E-state index contributed by atoms with van der Waals surface area (Å²) in [6.45, 7) is 10.2. The number of ether oxygens (including phenoxy) is 1. The minimum Gasteiger partial charge on any atom is -0.373 e. The van der Waals surface area contributed by atoms with Crippen LogP contribution in [0, 0.1) is 5.92 Å². The first-order valence-electron chi connectivity index (χ1n) is 8.90. The standard InChI is InChI=1S/C17H29N5O3S.2ClH/c1-10(2)15(18)16(24)19-5-14(23)21-17-20-13(9-26-17)8-22-6-11(3)25-12(4)7-22;;/h9-12,15H,5-8,18H2,1-4H3,(H,19,24)(H,20,21,23);2*1H/t11?,12?,15-;;/m0../s1. The van der Waals surface area contributed by atoms with E-state index in [2.05, 4.69) is 34.4 Å². The lowest BCUT2D eigenvalue weighted by molar-refractivity contribution is -0.125. The van der Waals surface area contributed by atoms with Crippen LogP contribution in [-0.4, -0.2) is 59.6 Å². The van der Waals surface area contributed by atoms with Gasteiger partial charge in [0.1, 0.15) is 0 Å². The summed E-state index contributed by atoms with van der Waals surface area (Å²) in [6, 6.07) is -0.618. The first-order valence-corrected chi connectivity index (χ1v) is 9.78. The minimum atomic E-state index is -0.618. The summed E-state index contributed by atoms with van der Waals surface area (Å²) in [6.07, 6.45) is 0.412. The van der Waals surface area contributed by atoms with E-state index < -0.39 is 6.04 Å². The highest BCUT2D eigenvalue weighted by Crippen LogP contribution is 2.19. The molecular formula is C17H31Cl2N5O3S. The van der Waals surface area contributed by atoms with Crippen molar-refractivity contribution in [2.24, 2.45) is 11.7 Å². The van der Waals surface area contributed by atoms with Gasteiger partial charge < -0.3 is 21.1 Å². The van der Waals surface area contributed by atoms with Gasteiger partial charge in [0.15, 0.2) is 5.13 Å². The SMILES string of the molecule is CC1CN(Cc2csc(NC(=O)CNC(=O)[C@@H](N)C(C)C)n2)CC(C)O1.Cl.Cl. The second-order valence-corrected chi connectivity index (χ2v) is 7.99. The molecule has 28 heavy (non-hydrogen) atoms. The monoisotopic (exact) mass is 455 g/mol. The Bertz CT molecular complexity index is 622. The van der Waals surface area contributed by atoms with Gasteiger partial charge in [-0.3, -0.25) is 14.5 Å². The van der Waals surface area contributed by atoms with E-state index in [1.54, 1.807) is 0 Å². The topological polar surface area (TPSA) is 110 Å². The number of morpholine rings is 1. The normalized spacial score (nSPS) is 20.6. The van der Waals surface area contributed by atoms with E-state index in [0.717, 1.165) is 25.3 Å². The quantitative estimate of drug-likeness (QED) is 0.576. The van der Waals surface area contributed by atoms with Crippen LogP contribution in [0.15, 0.2) is 5.38 Å². The number of nitrogens with one attached hydrogen (secondary N) is 2. The van der Waals surface area contributed by atoms with Gasteiger partial charge in [-0.2, -0.15) is 0 Å². The van der Waals surface area contributed by atoms with Gasteiger partial charge in [-0.05, 0) is 19.8 Å². The van der Waals surface area contributed by atoms with Gasteiger partial charge in [0.05, 0.1) is 30.5 Å². The average Bonchev–Trinajstić information content (AvgIpc) is 2.97. The van der Waals surface area contributed by atoms with Crippen molar-refractivity contribution >= 4 is 53.1 Å². The number of thiazole rings is 1. The predicted octanol–water partition coefficient (Wildman–Crippen LogP) is 1.63. The lowest BCUT2D eigenvalue weighted by Gasteiger charge is -2.34. The van der Waals surface area contributed by atoms with E-state index >= 15 is 0 Å². The van der Waals surface area contributed by atoms with Crippen LogP contribution in [0.25, 0.3) is 0 Å². The third-order valence-corrected chi connectivity index (χ3v) is 4.93. The molecule has 11 heteroatoms. The summed E-state index contributed by atoms with van der Waals surface area (Å²) in [4.78, 5) is 30.5. The Labute approximate surface area is 182 Å². The first kappa shape index (κ1) is 27.0. The van der Waals surface area contributed by atoms with Crippen LogP contribution >= 0.6 is 36.2 Å². The molecule has 1 aromatic heterocycles. The highest BCUT2D eigenvalue weighted by molar-refractivity contribution is 7.13. The number of nitrogens with zero attached hydrogens (tertiary/aromatic N) is 2. The van der Waals surface area contributed by atoms with Gasteiger partial charge >= 0.3 is 0 Å². The third-order valence-electron chi connectivity index (χ3n) is 4.12. The van der Waals surface area contributed by atoms with Crippen LogP contribution in [-0.2, 0) is 20.9 Å². The fraction of sp³-hybridized carbons (Fsp3) is 0.706. The van der Waals surface area contributed by atoms with Crippen molar-refractivity contribution in [3.05, 3.63) is 11.1 Å². The molecule has 3 atom stereocenters. The van der Waals surface area contributed by atoms with Crippen molar-refractivity contribution in [2.75, 3.05) is 25.0 Å². The fourth-order valence-corrected chi connectivity index (χ4v) is 3.55. The van der Waals surface area contributed by atoms with Crippen molar-refractivity contribution in [1.29, 1.82) is 0 Å². The molecule has 1 aliphatic rings. The largest absolute Gasteiger partial charge is 0.373 e. The maximum Gasteiger partial charge on any atom is 0.245 e. The number of hydrogen-bond acceptors (Lipinski definition) is 7. The Morgan fingerprint density at radius 1 is 1.32 bits per heavy atom. The Balaban J connectivity index is 0.00000364. The van der Waals surface area contributed by atoms with Crippen molar-refractivity contribution < 1.29 is 14.3 Å².